The molecule has 3 aromatic carbocycles. The standard InChI is InChI=1S/C29H24ClN3O2S2/c1-3-35-25-14-13-21(15-24(25)30)27-22(18-33(31-27)23-7-5-4-6-8-23)16-26-28(34)32(29(36)37-26)17-20-11-9-19(2)10-12-20/h4-16,18H,3,17H2,1-2H3. The molecule has 4 aromatic rings. The first kappa shape index (κ1) is 25.3. The Balaban J connectivity index is 1.52. The average Bonchev–Trinajstić information content (AvgIpc) is 3.43. The van der Waals surface area contributed by atoms with E-state index >= 15 is 0 Å². The van der Waals surface area contributed by atoms with Crippen molar-refractivity contribution in [2.75, 3.05) is 6.61 Å². The van der Waals surface area contributed by atoms with Crippen LogP contribution in [0.1, 0.15) is 23.6 Å². The molecule has 0 spiro atoms. The van der Waals surface area contributed by atoms with Crippen molar-refractivity contribution < 1.29 is 9.53 Å². The molecule has 0 radical (unpaired) electrons. The fourth-order valence-electron chi connectivity index (χ4n) is 4.00. The van der Waals surface area contributed by atoms with Crippen LogP contribution in [0.5, 0.6) is 5.75 Å². The molecule has 186 valence electrons. The topological polar surface area (TPSA) is 47.4 Å². The molecule has 1 fully saturated rings. The van der Waals surface area contributed by atoms with Crippen molar-refractivity contribution in [3.05, 3.63) is 106 Å². The molecule has 5 rings (SSSR count). The van der Waals surface area contributed by atoms with Gasteiger partial charge in [-0.25, -0.2) is 4.68 Å². The molecule has 1 aromatic heterocycles. The van der Waals surface area contributed by atoms with E-state index in [0.717, 1.165) is 22.4 Å². The molecule has 8 heteroatoms. The highest BCUT2D eigenvalue weighted by atomic mass is 35.5. The minimum absolute atomic E-state index is 0.112. The first-order chi connectivity index (χ1) is 17.9. The summed E-state index contributed by atoms with van der Waals surface area (Å²) in [5, 5.41) is 5.36. The maximum atomic E-state index is 13.4. The van der Waals surface area contributed by atoms with E-state index in [9.17, 15) is 4.79 Å². The molecule has 1 aliphatic heterocycles. The number of rotatable bonds is 7. The number of aromatic nitrogens is 2. The number of hydrogen-bond donors (Lipinski definition) is 0. The Morgan fingerprint density at radius 2 is 1.84 bits per heavy atom. The van der Waals surface area contributed by atoms with E-state index in [1.807, 2.05) is 98.9 Å². The Kier molecular flexibility index (Phi) is 7.46. The van der Waals surface area contributed by atoms with Crippen LogP contribution in [-0.4, -0.2) is 31.5 Å². The summed E-state index contributed by atoms with van der Waals surface area (Å²) < 4.78 is 7.94. The summed E-state index contributed by atoms with van der Waals surface area (Å²) >= 11 is 13.4. The highest BCUT2D eigenvalue weighted by molar-refractivity contribution is 8.26. The number of halogens is 1. The summed E-state index contributed by atoms with van der Waals surface area (Å²) in [6.45, 7) is 4.92. The monoisotopic (exact) mass is 545 g/mol. The normalized spacial score (nSPS) is 14.6. The predicted octanol–water partition coefficient (Wildman–Crippen LogP) is 7.30. The van der Waals surface area contributed by atoms with E-state index in [1.165, 1.54) is 17.3 Å². The molecular formula is C29H24ClN3O2S2. The van der Waals surface area contributed by atoms with E-state index in [2.05, 4.69) is 0 Å². The van der Waals surface area contributed by atoms with Gasteiger partial charge in [0.05, 0.1) is 28.8 Å². The first-order valence-corrected chi connectivity index (χ1v) is 13.4. The molecule has 0 unspecified atom stereocenters. The minimum Gasteiger partial charge on any atom is -0.492 e. The molecule has 0 aliphatic carbocycles. The van der Waals surface area contributed by atoms with Crippen LogP contribution in [0.15, 0.2) is 83.9 Å². The zero-order valence-corrected chi connectivity index (χ0v) is 22.7. The predicted molar refractivity (Wildman–Crippen MR) is 155 cm³/mol. The van der Waals surface area contributed by atoms with Crippen LogP contribution in [0.25, 0.3) is 23.0 Å². The van der Waals surface area contributed by atoms with Gasteiger partial charge in [0.1, 0.15) is 15.8 Å². The molecular weight excluding hydrogens is 522 g/mol. The average molecular weight is 546 g/mol. The van der Waals surface area contributed by atoms with Crippen LogP contribution in [0.3, 0.4) is 0 Å². The molecule has 0 N–H and O–H groups in total. The lowest BCUT2D eigenvalue weighted by atomic mass is 10.1. The van der Waals surface area contributed by atoms with Gasteiger partial charge in [0.2, 0.25) is 0 Å². The second kappa shape index (κ2) is 10.9. The van der Waals surface area contributed by atoms with Gasteiger partial charge in [-0.2, -0.15) is 5.10 Å². The molecule has 1 amide bonds. The van der Waals surface area contributed by atoms with Crippen LogP contribution in [0, 0.1) is 6.92 Å². The van der Waals surface area contributed by atoms with Crippen LogP contribution in [-0.2, 0) is 11.3 Å². The van der Waals surface area contributed by atoms with E-state index in [1.54, 1.807) is 9.58 Å². The van der Waals surface area contributed by atoms with Crippen molar-refractivity contribution in [2.24, 2.45) is 0 Å². The number of amides is 1. The molecule has 2 heterocycles. The Morgan fingerprint density at radius 1 is 1.08 bits per heavy atom. The highest BCUT2D eigenvalue weighted by Gasteiger charge is 2.32. The van der Waals surface area contributed by atoms with Crippen molar-refractivity contribution in [1.29, 1.82) is 0 Å². The van der Waals surface area contributed by atoms with E-state index in [4.69, 9.17) is 33.7 Å². The molecule has 1 saturated heterocycles. The third-order valence-electron chi connectivity index (χ3n) is 5.89. The smallest absolute Gasteiger partial charge is 0.266 e. The highest BCUT2D eigenvalue weighted by Crippen LogP contribution is 2.37. The number of hydrogen-bond acceptors (Lipinski definition) is 5. The van der Waals surface area contributed by atoms with Gasteiger partial charge in [-0.05, 0) is 55.8 Å². The van der Waals surface area contributed by atoms with Crippen LogP contribution in [0.2, 0.25) is 5.02 Å². The van der Waals surface area contributed by atoms with Crippen LogP contribution in [0.4, 0.5) is 0 Å². The number of nitrogens with zero attached hydrogens (tertiary/aromatic N) is 3. The summed E-state index contributed by atoms with van der Waals surface area (Å²) in [7, 11) is 0. The van der Waals surface area contributed by atoms with E-state index in [0.29, 0.717) is 38.8 Å². The molecule has 0 saturated carbocycles. The number of aryl methyl sites for hydroxylation is 1. The number of para-hydroxylation sites is 1. The van der Waals surface area contributed by atoms with Crippen molar-refractivity contribution in [3.8, 4) is 22.7 Å². The maximum Gasteiger partial charge on any atom is 0.266 e. The van der Waals surface area contributed by atoms with Crippen molar-refractivity contribution in [3.63, 3.8) is 0 Å². The van der Waals surface area contributed by atoms with Crippen molar-refractivity contribution in [2.45, 2.75) is 20.4 Å². The van der Waals surface area contributed by atoms with Gasteiger partial charge in [0, 0.05) is 17.3 Å². The summed E-state index contributed by atoms with van der Waals surface area (Å²) in [4.78, 5) is 15.6. The number of ether oxygens (including phenoxy) is 1. The van der Waals surface area contributed by atoms with Gasteiger partial charge < -0.3 is 4.74 Å². The van der Waals surface area contributed by atoms with Crippen molar-refractivity contribution >= 4 is 51.9 Å². The Bertz CT molecular complexity index is 1500. The minimum atomic E-state index is -0.112. The third kappa shape index (κ3) is 5.49. The molecule has 0 bridgehead atoms. The summed E-state index contributed by atoms with van der Waals surface area (Å²) in [5.74, 6) is 0.507. The number of carbonyl (C=O) groups is 1. The molecule has 37 heavy (non-hydrogen) atoms. The van der Waals surface area contributed by atoms with Gasteiger partial charge in [-0.15, -0.1) is 0 Å². The van der Waals surface area contributed by atoms with Gasteiger partial charge in [0.25, 0.3) is 5.91 Å². The SMILES string of the molecule is CCOc1ccc(-c2nn(-c3ccccc3)cc2C=C2SC(=S)N(Cc3ccc(C)cc3)C2=O)cc1Cl. The lowest BCUT2D eigenvalue weighted by Gasteiger charge is -2.14. The number of benzene rings is 3. The van der Waals surface area contributed by atoms with Crippen LogP contribution < -0.4 is 4.74 Å². The molecule has 0 atom stereocenters. The zero-order chi connectivity index (χ0) is 25.9. The third-order valence-corrected chi connectivity index (χ3v) is 7.56. The quantitative estimate of drug-likeness (QED) is 0.180. The zero-order valence-electron chi connectivity index (χ0n) is 20.3. The Labute approximate surface area is 230 Å². The van der Waals surface area contributed by atoms with Gasteiger partial charge in [-0.1, -0.05) is 83.6 Å². The van der Waals surface area contributed by atoms with Crippen molar-refractivity contribution in [1.82, 2.24) is 14.7 Å². The Hall–Kier alpha value is -3.39. The molecule has 1 aliphatic rings. The Morgan fingerprint density at radius 3 is 2.54 bits per heavy atom. The fourth-order valence-corrected chi connectivity index (χ4v) is 5.49. The van der Waals surface area contributed by atoms with Crippen LogP contribution >= 0.6 is 35.6 Å². The largest absolute Gasteiger partial charge is 0.492 e. The fraction of sp³-hybridized carbons (Fsp3) is 0.138. The van der Waals surface area contributed by atoms with Gasteiger partial charge in [0.15, 0.2) is 0 Å². The summed E-state index contributed by atoms with van der Waals surface area (Å²) in [6, 6.07) is 23.6. The number of thiocarbonyl (C=S) groups is 1. The van der Waals surface area contributed by atoms with Gasteiger partial charge >= 0.3 is 0 Å². The summed E-state index contributed by atoms with van der Waals surface area (Å²) in [6.07, 6.45) is 3.78. The first-order valence-electron chi connectivity index (χ1n) is 11.8. The van der Waals surface area contributed by atoms with E-state index < -0.39 is 0 Å². The second-order valence-corrected chi connectivity index (χ2v) is 10.6. The molecule has 5 nitrogen and oxygen atoms in total. The lowest BCUT2D eigenvalue weighted by Crippen LogP contribution is -2.27. The van der Waals surface area contributed by atoms with Gasteiger partial charge in [-0.3, -0.25) is 9.69 Å². The second-order valence-electron chi connectivity index (χ2n) is 8.54. The lowest BCUT2D eigenvalue weighted by molar-refractivity contribution is -0.122. The number of thioether (sulfide) groups is 1. The number of carbonyl (C=O) groups excluding carboxylic acids is 1. The van der Waals surface area contributed by atoms with E-state index in [-0.39, 0.29) is 5.91 Å². The summed E-state index contributed by atoms with van der Waals surface area (Å²) in [5.41, 5.74) is 5.44. The maximum absolute atomic E-state index is 13.4.